The molecule has 0 radical (unpaired) electrons. The van der Waals surface area contributed by atoms with Crippen LogP contribution in [0.5, 0.6) is 0 Å². The number of amides is 2. The van der Waals surface area contributed by atoms with Crippen LogP contribution in [-0.4, -0.2) is 37.1 Å². The number of urea groups is 1. The molecule has 15 heavy (non-hydrogen) atoms. The summed E-state index contributed by atoms with van der Waals surface area (Å²) < 4.78 is 0. The minimum atomic E-state index is -0.0484. The summed E-state index contributed by atoms with van der Waals surface area (Å²) in [5.41, 5.74) is 0.835. The minimum absolute atomic E-state index is 0.0484. The Hall–Kier alpha value is -1.55. The minimum Gasteiger partial charge on any atom is -0.322 e. The molecule has 80 valence electrons. The first kappa shape index (κ1) is 9.98. The van der Waals surface area contributed by atoms with Gasteiger partial charge in [0.15, 0.2) is 0 Å². The van der Waals surface area contributed by atoms with Crippen LogP contribution in [0.25, 0.3) is 0 Å². The van der Waals surface area contributed by atoms with E-state index in [0.717, 1.165) is 18.8 Å². The van der Waals surface area contributed by atoms with E-state index in [2.05, 4.69) is 10.6 Å². The van der Waals surface area contributed by atoms with Gasteiger partial charge in [0.25, 0.3) is 0 Å². The lowest BCUT2D eigenvalue weighted by molar-refractivity contribution is 0.180. The van der Waals surface area contributed by atoms with Crippen molar-refractivity contribution < 1.29 is 4.79 Å². The number of hydrogen-bond acceptors (Lipinski definition) is 2. The molecule has 0 spiro atoms. The van der Waals surface area contributed by atoms with Crippen molar-refractivity contribution in [3.63, 3.8) is 0 Å². The van der Waals surface area contributed by atoms with Crippen LogP contribution in [0.15, 0.2) is 30.3 Å². The summed E-state index contributed by atoms with van der Waals surface area (Å²) >= 11 is 0. The molecule has 1 aromatic carbocycles. The lowest BCUT2D eigenvalue weighted by Gasteiger charge is -2.35. The van der Waals surface area contributed by atoms with Crippen LogP contribution in [0.3, 0.4) is 0 Å². The van der Waals surface area contributed by atoms with E-state index in [1.807, 2.05) is 37.4 Å². The van der Waals surface area contributed by atoms with E-state index in [4.69, 9.17) is 0 Å². The Morgan fingerprint density at radius 2 is 2.07 bits per heavy atom. The molecule has 1 fully saturated rings. The van der Waals surface area contributed by atoms with Gasteiger partial charge in [-0.3, -0.25) is 0 Å². The third-order valence-corrected chi connectivity index (χ3v) is 2.65. The van der Waals surface area contributed by atoms with Crippen LogP contribution < -0.4 is 10.6 Å². The van der Waals surface area contributed by atoms with Gasteiger partial charge in [-0.15, -0.1) is 0 Å². The van der Waals surface area contributed by atoms with Gasteiger partial charge in [0.2, 0.25) is 0 Å². The maximum atomic E-state index is 11.7. The molecule has 0 saturated carbocycles. The largest absolute Gasteiger partial charge is 0.322 e. The molecule has 4 heteroatoms. The van der Waals surface area contributed by atoms with E-state index in [-0.39, 0.29) is 6.03 Å². The van der Waals surface area contributed by atoms with E-state index in [1.54, 1.807) is 4.90 Å². The van der Waals surface area contributed by atoms with E-state index < -0.39 is 0 Å². The number of likely N-dealkylation sites (N-methyl/N-ethyl adjacent to an activating group) is 1. The number of carbonyl (C=O) groups excluding carboxylic acids is 1. The van der Waals surface area contributed by atoms with Gasteiger partial charge in [0, 0.05) is 25.8 Å². The summed E-state index contributed by atoms with van der Waals surface area (Å²) in [7, 11) is 1.82. The predicted octanol–water partition coefficient (Wildman–Crippen LogP) is 1.12. The molecule has 2 amide bonds. The number of benzene rings is 1. The van der Waals surface area contributed by atoms with E-state index in [1.165, 1.54) is 0 Å². The van der Waals surface area contributed by atoms with Gasteiger partial charge in [0.05, 0.1) is 6.04 Å². The number of hydrogen-bond donors (Lipinski definition) is 2. The average molecular weight is 205 g/mol. The van der Waals surface area contributed by atoms with Crippen LogP contribution in [0, 0.1) is 0 Å². The summed E-state index contributed by atoms with van der Waals surface area (Å²) in [6, 6.07) is 9.77. The molecule has 0 aliphatic carbocycles. The fourth-order valence-corrected chi connectivity index (χ4v) is 1.45. The summed E-state index contributed by atoms with van der Waals surface area (Å²) in [4.78, 5) is 13.5. The monoisotopic (exact) mass is 205 g/mol. The SMILES string of the molecule is CN(C(=O)Nc1ccccc1)C1CNC1. The van der Waals surface area contributed by atoms with Gasteiger partial charge < -0.3 is 15.5 Å². The van der Waals surface area contributed by atoms with Gasteiger partial charge in [-0.1, -0.05) is 18.2 Å². The predicted molar refractivity (Wildman–Crippen MR) is 59.9 cm³/mol. The van der Waals surface area contributed by atoms with E-state index in [9.17, 15) is 4.79 Å². The molecule has 0 aromatic heterocycles. The second kappa shape index (κ2) is 4.31. The Bertz CT molecular complexity index is 335. The summed E-state index contributed by atoms with van der Waals surface area (Å²) in [6.07, 6.45) is 0. The molecule has 2 N–H and O–H groups in total. The molecule has 0 bridgehead atoms. The Morgan fingerprint density at radius 3 is 2.60 bits per heavy atom. The summed E-state index contributed by atoms with van der Waals surface area (Å²) in [5, 5.41) is 5.99. The zero-order chi connectivity index (χ0) is 10.7. The Labute approximate surface area is 89.3 Å². The van der Waals surface area contributed by atoms with Gasteiger partial charge in [-0.25, -0.2) is 4.79 Å². The molecular formula is C11H15N3O. The molecule has 1 heterocycles. The number of carbonyl (C=O) groups is 1. The summed E-state index contributed by atoms with van der Waals surface area (Å²) in [5.74, 6) is 0. The number of anilines is 1. The molecule has 1 aliphatic heterocycles. The first-order valence-corrected chi connectivity index (χ1v) is 5.07. The van der Waals surface area contributed by atoms with Crippen molar-refractivity contribution in [2.24, 2.45) is 0 Å². The highest BCUT2D eigenvalue weighted by Crippen LogP contribution is 2.08. The van der Waals surface area contributed by atoms with Crippen molar-refractivity contribution in [3.05, 3.63) is 30.3 Å². The zero-order valence-electron chi connectivity index (χ0n) is 8.73. The molecule has 1 aliphatic rings. The van der Waals surface area contributed by atoms with Crippen LogP contribution in [0.2, 0.25) is 0 Å². The Morgan fingerprint density at radius 1 is 1.40 bits per heavy atom. The number of nitrogens with one attached hydrogen (secondary N) is 2. The number of para-hydroxylation sites is 1. The van der Waals surface area contributed by atoms with Crippen molar-refractivity contribution in [2.75, 3.05) is 25.5 Å². The topological polar surface area (TPSA) is 44.4 Å². The standard InChI is InChI=1S/C11H15N3O/c1-14(10-7-12-8-10)11(15)13-9-5-3-2-4-6-9/h2-6,10,12H,7-8H2,1H3,(H,13,15). The fraction of sp³-hybridized carbons (Fsp3) is 0.364. The Kier molecular flexibility index (Phi) is 2.87. The molecule has 0 atom stereocenters. The van der Waals surface area contributed by atoms with Crippen molar-refractivity contribution >= 4 is 11.7 Å². The first-order chi connectivity index (χ1) is 7.27. The number of rotatable bonds is 2. The van der Waals surface area contributed by atoms with E-state index in [0.29, 0.717) is 6.04 Å². The third-order valence-electron chi connectivity index (χ3n) is 2.65. The maximum Gasteiger partial charge on any atom is 0.321 e. The average Bonchev–Trinajstić information content (AvgIpc) is 2.16. The normalized spacial score (nSPS) is 15.5. The van der Waals surface area contributed by atoms with Gasteiger partial charge in [0.1, 0.15) is 0 Å². The zero-order valence-corrected chi connectivity index (χ0v) is 8.73. The third kappa shape index (κ3) is 2.27. The van der Waals surface area contributed by atoms with Crippen molar-refractivity contribution in [3.8, 4) is 0 Å². The summed E-state index contributed by atoms with van der Waals surface area (Å²) in [6.45, 7) is 1.78. The van der Waals surface area contributed by atoms with Gasteiger partial charge in [-0.05, 0) is 12.1 Å². The van der Waals surface area contributed by atoms with Crippen LogP contribution in [0.1, 0.15) is 0 Å². The van der Waals surface area contributed by atoms with Crippen LogP contribution in [-0.2, 0) is 0 Å². The lowest BCUT2D eigenvalue weighted by atomic mass is 10.1. The molecule has 4 nitrogen and oxygen atoms in total. The van der Waals surface area contributed by atoms with Gasteiger partial charge >= 0.3 is 6.03 Å². The second-order valence-corrected chi connectivity index (χ2v) is 3.72. The first-order valence-electron chi connectivity index (χ1n) is 5.07. The highest BCUT2D eigenvalue weighted by atomic mass is 16.2. The van der Waals surface area contributed by atoms with Crippen molar-refractivity contribution in [1.29, 1.82) is 0 Å². The van der Waals surface area contributed by atoms with Crippen molar-refractivity contribution in [2.45, 2.75) is 6.04 Å². The van der Waals surface area contributed by atoms with Crippen LogP contribution >= 0.6 is 0 Å². The Balaban J connectivity index is 1.91. The van der Waals surface area contributed by atoms with Gasteiger partial charge in [-0.2, -0.15) is 0 Å². The quantitative estimate of drug-likeness (QED) is 0.760. The molecule has 1 saturated heterocycles. The molecule has 2 rings (SSSR count). The highest BCUT2D eigenvalue weighted by Gasteiger charge is 2.24. The molecule has 1 aromatic rings. The van der Waals surface area contributed by atoms with Crippen LogP contribution in [0.4, 0.5) is 10.5 Å². The maximum absolute atomic E-state index is 11.7. The second-order valence-electron chi connectivity index (χ2n) is 3.72. The number of nitrogens with zero attached hydrogens (tertiary/aromatic N) is 1. The molecular weight excluding hydrogens is 190 g/mol. The van der Waals surface area contributed by atoms with Crippen molar-refractivity contribution in [1.82, 2.24) is 10.2 Å². The molecule has 0 unspecified atom stereocenters. The highest BCUT2D eigenvalue weighted by molar-refractivity contribution is 5.89. The smallest absolute Gasteiger partial charge is 0.321 e. The van der Waals surface area contributed by atoms with E-state index >= 15 is 0 Å². The fourth-order valence-electron chi connectivity index (χ4n) is 1.45. The lowest BCUT2D eigenvalue weighted by Crippen LogP contribution is -2.58.